The zero-order chi connectivity index (χ0) is 11.7. The van der Waals surface area contributed by atoms with Gasteiger partial charge < -0.3 is 5.32 Å². The van der Waals surface area contributed by atoms with Crippen LogP contribution in [0.25, 0.3) is 0 Å². The van der Waals surface area contributed by atoms with E-state index in [2.05, 4.69) is 12.2 Å². The number of rotatable bonds is 2. The van der Waals surface area contributed by atoms with Crippen molar-refractivity contribution in [2.45, 2.75) is 24.6 Å². The summed E-state index contributed by atoms with van der Waals surface area (Å²) in [4.78, 5) is 0. The van der Waals surface area contributed by atoms with Crippen LogP contribution < -0.4 is 5.32 Å². The molecule has 1 N–H and O–H groups in total. The zero-order valence-corrected chi connectivity index (χ0v) is 10.3. The number of hydrogen-bond donors (Lipinski definition) is 1. The molecule has 0 aromatic heterocycles. The van der Waals surface area contributed by atoms with E-state index in [1.54, 1.807) is 0 Å². The predicted octanol–water partition coefficient (Wildman–Crippen LogP) is 3.92. The maximum atomic E-state index is 13.5. The molecule has 0 spiro atoms. The second-order valence-corrected chi connectivity index (χ2v) is 5.84. The van der Waals surface area contributed by atoms with Crippen LogP contribution >= 0.6 is 23.4 Å². The van der Waals surface area contributed by atoms with E-state index in [-0.39, 0.29) is 16.8 Å². The number of hydrogen-bond acceptors (Lipinski definition) is 2. The average molecular weight is 264 g/mol. The molecule has 88 valence electrons. The van der Waals surface area contributed by atoms with E-state index in [9.17, 15) is 8.78 Å². The molecule has 1 aromatic carbocycles. The van der Waals surface area contributed by atoms with Crippen LogP contribution in [0.1, 0.15) is 13.3 Å². The Morgan fingerprint density at radius 2 is 2.19 bits per heavy atom. The minimum Gasteiger partial charge on any atom is -0.378 e. The van der Waals surface area contributed by atoms with Crippen LogP contribution in [-0.4, -0.2) is 17.0 Å². The van der Waals surface area contributed by atoms with Gasteiger partial charge in [0.05, 0.1) is 10.7 Å². The van der Waals surface area contributed by atoms with Gasteiger partial charge in [-0.15, -0.1) is 0 Å². The average Bonchev–Trinajstić information content (AvgIpc) is 2.58. The van der Waals surface area contributed by atoms with Crippen molar-refractivity contribution in [2.75, 3.05) is 11.1 Å². The van der Waals surface area contributed by atoms with Crippen LogP contribution in [0.15, 0.2) is 12.1 Å². The van der Waals surface area contributed by atoms with Gasteiger partial charge in [0.2, 0.25) is 0 Å². The normalized spacial score (nSPS) is 24.8. The highest BCUT2D eigenvalue weighted by Crippen LogP contribution is 2.32. The lowest BCUT2D eigenvalue weighted by molar-refractivity contribution is 0.583. The summed E-state index contributed by atoms with van der Waals surface area (Å²) in [5, 5.41) is 3.71. The molecule has 2 atom stereocenters. The summed E-state index contributed by atoms with van der Waals surface area (Å²) in [6.45, 7) is 2.13. The second-order valence-electron chi connectivity index (χ2n) is 3.97. The third-order valence-electron chi connectivity index (χ3n) is 2.55. The van der Waals surface area contributed by atoms with Gasteiger partial charge in [-0.3, -0.25) is 0 Å². The molecule has 2 unspecified atom stereocenters. The van der Waals surface area contributed by atoms with Crippen LogP contribution in [0.3, 0.4) is 0 Å². The van der Waals surface area contributed by atoms with Crippen molar-refractivity contribution in [2.24, 2.45) is 0 Å². The predicted molar refractivity (Wildman–Crippen MR) is 65.3 cm³/mol. The Bertz CT molecular complexity index is 377. The van der Waals surface area contributed by atoms with Crippen molar-refractivity contribution < 1.29 is 8.78 Å². The molecular formula is C11H12ClF2NS. The quantitative estimate of drug-likeness (QED) is 0.868. The molecule has 1 aromatic rings. The summed E-state index contributed by atoms with van der Waals surface area (Å²) >= 11 is 7.64. The first-order valence-corrected chi connectivity index (χ1v) is 6.51. The van der Waals surface area contributed by atoms with Crippen LogP contribution in [0, 0.1) is 11.6 Å². The van der Waals surface area contributed by atoms with Crippen LogP contribution in [0.4, 0.5) is 14.5 Å². The lowest BCUT2D eigenvalue weighted by atomic mass is 10.2. The van der Waals surface area contributed by atoms with Crippen molar-refractivity contribution in [3.8, 4) is 0 Å². The third-order valence-corrected chi connectivity index (χ3v) is 4.21. The lowest BCUT2D eigenvalue weighted by Crippen LogP contribution is -2.20. The van der Waals surface area contributed by atoms with E-state index >= 15 is 0 Å². The van der Waals surface area contributed by atoms with Gasteiger partial charge in [0.15, 0.2) is 5.82 Å². The molecule has 0 aliphatic carbocycles. The molecular weight excluding hydrogens is 252 g/mol. The number of nitrogens with one attached hydrogen (secondary N) is 1. The first-order chi connectivity index (χ1) is 7.56. The summed E-state index contributed by atoms with van der Waals surface area (Å²) in [6.07, 6.45) is 0.970. The highest BCUT2D eigenvalue weighted by atomic mass is 35.5. The molecule has 0 saturated carbocycles. The van der Waals surface area contributed by atoms with Gasteiger partial charge >= 0.3 is 0 Å². The standard InChI is InChI=1S/C11H12ClF2NS/c1-6-2-8(5-16-6)15-11-9(12)3-7(13)4-10(11)14/h3-4,6,8,15H,2,5H2,1H3. The molecule has 2 rings (SSSR count). The maximum absolute atomic E-state index is 13.5. The summed E-state index contributed by atoms with van der Waals surface area (Å²) in [7, 11) is 0. The molecule has 1 aliphatic rings. The maximum Gasteiger partial charge on any atom is 0.150 e. The molecule has 1 fully saturated rings. The summed E-state index contributed by atoms with van der Waals surface area (Å²) in [5.74, 6) is -0.356. The fourth-order valence-corrected chi connectivity index (χ4v) is 3.20. The molecule has 1 aliphatic heterocycles. The monoisotopic (exact) mass is 263 g/mol. The molecule has 16 heavy (non-hydrogen) atoms. The topological polar surface area (TPSA) is 12.0 Å². The highest BCUT2D eigenvalue weighted by molar-refractivity contribution is 8.00. The van der Waals surface area contributed by atoms with Gasteiger partial charge in [-0.2, -0.15) is 11.8 Å². The van der Waals surface area contributed by atoms with Gasteiger partial charge in [-0.05, 0) is 12.5 Å². The zero-order valence-electron chi connectivity index (χ0n) is 8.77. The summed E-state index contributed by atoms with van der Waals surface area (Å²) in [6, 6.07) is 2.18. The van der Waals surface area contributed by atoms with Crippen molar-refractivity contribution in [3.63, 3.8) is 0 Å². The Kier molecular flexibility index (Phi) is 3.60. The number of thioether (sulfide) groups is 1. The largest absolute Gasteiger partial charge is 0.378 e. The Morgan fingerprint density at radius 1 is 1.44 bits per heavy atom. The Balaban J connectivity index is 2.15. The molecule has 0 radical (unpaired) electrons. The molecule has 5 heteroatoms. The minimum absolute atomic E-state index is 0.0991. The highest BCUT2D eigenvalue weighted by Gasteiger charge is 2.23. The first kappa shape index (κ1) is 12.0. The van der Waals surface area contributed by atoms with Gasteiger partial charge in [0.25, 0.3) is 0 Å². The van der Waals surface area contributed by atoms with E-state index in [1.807, 2.05) is 11.8 Å². The van der Waals surface area contributed by atoms with Gasteiger partial charge in [-0.25, -0.2) is 8.78 Å². The Labute approximate surface area is 103 Å². The number of halogens is 3. The molecule has 1 saturated heterocycles. The van der Waals surface area contributed by atoms with Gasteiger partial charge in [0, 0.05) is 23.1 Å². The molecule has 1 heterocycles. The van der Waals surface area contributed by atoms with Crippen LogP contribution in [0.2, 0.25) is 5.02 Å². The second kappa shape index (κ2) is 4.80. The molecule has 1 nitrogen and oxygen atoms in total. The van der Waals surface area contributed by atoms with Crippen molar-refractivity contribution in [1.82, 2.24) is 0 Å². The molecule has 0 bridgehead atoms. The van der Waals surface area contributed by atoms with Gasteiger partial charge in [0.1, 0.15) is 5.82 Å². The van der Waals surface area contributed by atoms with Crippen molar-refractivity contribution >= 4 is 29.1 Å². The molecule has 0 amide bonds. The van der Waals surface area contributed by atoms with E-state index in [1.165, 1.54) is 0 Å². The smallest absolute Gasteiger partial charge is 0.150 e. The Hall–Kier alpha value is -0.480. The minimum atomic E-state index is -0.651. The van der Waals surface area contributed by atoms with E-state index < -0.39 is 11.6 Å². The number of anilines is 1. The SMILES string of the molecule is CC1CC(Nc2c(F)cc(F)cc2Cl)CS1. The summed E-state index contributed by atoms with van der Waals surface area (Å²) < 4.78 is 26.3. The van der Waals surface area contributed by atoms with E-state index in [0.29, 0.717) is 5.25 Å². The van der Waals surface area contributed by atoms with Crippen LogP contribution in [-0.2, 0) is 0 Å². The fourth-order valence-electron chi connectivity index (χ4n) is 1.80. The van der Waals surface area contributed by atoms with Crippen LogP contribution in [0.5, 0.6) is 0 Å². The fraction of sp³-hybridized carbons (Fsp3) is 0.455. The van der Waals surface area contributed by atoms with Gasteiger partial charge in [-0.1, -0.05) is 18.5 Å². The number of benzene rings is 1. The third kappa shape index (κ3) is 2.61. The van der Waals surface area contributed by atoms with Crippen molar-refractivity contribution in [3.05, 3.63) is 28.8 Å². The first-order valence-electron chi connectivity index (χ1n) is 5.09. The lowest BCUT2D eigenvalue weighted by Gasteiger charge is -2.15. The van der Waals surface area contributed by atoms with Crippen molar-refractivity contribution in [1.29, 1.82) is 0 Å². The van der Waals surface area contributed by atoms with E-state index in [0.717, 1.165) is 24.3 Å². The summed E-state index contributed by atoms with van der Waals surface area (Å²) in [5.41, 5.74) is 0.211. The van der Waals surface area contributed by atoms with E-state index in [4.69, 9.17) is 11.6 Å². The Morgan fingerprint density at radius 3 is 2.75 bits per heavy atom.